The molecular formula is C18H12F3N3O. The molecule has 1 N–H and O–H groups in total. The van der Waals surface area contributed by atoms with Crippen LogP contribution < -0.4 is 5.32 Å². The van der Waals surface area contributed by atoms with Gasteiger partial charge in [0.1, 0.15) is 29.6 Å². The molecule has 1 atom stereocenters. The van der Waals surface area contributed by atoms with Gasteiger partial charge < -0.3 is 5.32 Å². The highest BCUT2D eigenvalue weighted by molar-refractivity contribution is 5.94. The van der Waals surface area contributed by atoms with Crippen molar-refractivity contribution in [3.8, 4) is 5.69 Å². The second-order valence-electron chi connectivity index (χ2n) is 5.77. The first-order valence-electron chi connectivity index (χ1n) is 7.61. The van der Waals surface area contributed by atoms with Crippen LogP contribution in [0, 0.1) is 17.5 Å². The van der Waals surface area contributed by atoms with Crippen LogP contribution in [0.1, 0.15) is 23.6 Å². The molecule has 4 nitrogen and oxygen atoms in total. The van der Waals surface area contributed by atoms with Gasteiger partial charge in [-0.05, 0) is 30.3 Å². The average molecular weight is 343 g/mol. The molecule has 0 bridgehead atoms. The van der Waals surface area contributed by atoms with Gasteiger partial charge in [-0.3, -0.25) is 9.36 Å². The third-order valence-corrected chi connectivity index (χ3v) is 4.21. The zero-order valence-corrected chi connectivity index (χ0v) is 12.8. The Hall–Kier alpha value is -3.09. The Balaban J connectivity index is 1.88. The van der Waals surface area contributed by atoms with Crippen molar-refractivity contribution in [1.82, 2.24) is 9.55 Å². The van der Waals surface area contributed by atoms with Crippen LogP contribution in [0.15, 0.2) is 48.8 Å². The van der Waals surface area contributed by atoms with Gasteiger partial charge in [-0.1, -0.05) is 12.1 Å². The summed E-state index contributed by atoms with van der Waals surface area (Å²) in [7, 11) is 0. The van der Waals surface area contributed by atoms with Crippen molar-refractivity contribution in [2.75, 3.05) is 5.32 Å². The molecule has 1 aliphatic rings. The minimum Gasteiger partial charge on any atom is -0.310 e. The Labute approximate surface area is 140 Å². The first kappa shape index (κ1) is 15.4. The first-order valence-corrected chi connectivity index (χ1v) is 7.61. The van der Waals surface area contributed by atoms with Crippen LogP contribution in [-0.4, -0.2) is 15.5 Å². The molecule has 1 aliphatic heterocycles. The summed E-state index contributed by atoms with van der Waals surface area (Å²) in [5.74, 6) is -2.86. The third kappa shape index (κ3) is 2.57. The van der Waals surface area contributed by atoms with Gasteiger partial charge in [0.25, 0.3) is 0 Å². The van der Waals surface area contributed by atoms with E-state index in [4.69, 9.17) is 0 Å². The van der Waals surface area contributed by atoms with Gasteiger partial charge in [-0.15, -0.1) is 0 Å². The third-order valence-electron chi connectivity index (χ3n) is 4.21. The zero-order valence-electron chi connectivity index (χ0n) is 12.8. The average Bonchev–Trinajstić information content (AvgIpc) is 2.98. The highest BCUT2D eigenvalue weighted by atomic mass is 19.1. The van der Waals surface area contributed by atoms with Gasteiger partial charge in [-0.25, -0.2) is 18.2 Å². The molecule has 25 heavy (non-hydrogen) atoms. The molecule has 0 saturated carbocycles. The number of rotatable bonds is 2. The van der Waals surface area contributed by atoms with Crippen LogP contribution in [0.25, 0.3) is 5.69 Å². The normalized spacial score (nSPS) is 16.4. The number of nitrogens with zero attached hydrogens (tertiary/aromatic N) is 2. The summed E-state index contributed by atoms with van der Waals surface area (Å²) in [6.45, 7) is 0. The van der Waals surface area contributed by atoms with Crippen molar-refractivity contribution >= 4 is 11.7 Å². The van der Waals surface area contributed by atoms with Gasteiger partial charge in [-0.2, -0.15) is 0 Å². The van der Waals surface area contributed by atoms with Crippen LogP contribution in [0.2, 0.25) is 0 Å². The van der Waals surface area contributed by atoms with E-state index in [1.165, 1.54) is 35.2 Å². The van der Waals surface area contributed by atoms with Crippen LogP contribution in [0.5, 0.6) is 0 Å². The zero-order chi connectivity index (χ0) is 17.6. The number of hydrogen-bond acceptors (Lipinski definition) is 2. The lowest BCUT2D eigenvalue weighted by Gasteiger charge is -2.24. The number of carbonyl (C=O) groups excluding carboxylic acids is 1. The highest BCUT2D eigenvalue weighted by Gasteiger charge is 2.34. The van der Waals surface area contributed by atoms with Crippen LogP contribution in [0.4, 0.5) is 19.0 Å². The molecule has 0 saturated heterocycles. The van der Waals surface area contributed by atoms with Crippen molar-refractivity contribution in [3.05, 3.63) is 77.5 Å². The van der Waals surface area contributed by atoms with Gasteiger partial charge in [0, 0.05) is 17.9 Å². The lowest BCUT2D eigenvalue weighted by molar-refractivity contribution is -0.116. The minimum absolute atomic E-state index is 0.120. The minimum atomic E-state index is -0.847. The summed E-state index contributed by atoms with van der Waals surface area (Å²) < 4.78 is 43.3. The van der Waals surface area contributed by atoms with E-state index in [-0.39, 0.29) is 17.8 Å². The van der Waals surface area contributed by atoms with E-state index in [0.29, 0.717) is 11.4 Å². The van der Waals surface area contributed by atoms with Gasteiger partial charge in [0.05, 0.1) is 11.4 Å². The quantitative estimate of drug-likeness (QED) is 0.770. The van der Waals surface area contributed by atoms with E-state index in [9.17, 15) is 18.0 Å². The predicted molar refractivity (Wildman–Crippen MR) is 85.0 cm³/mol. The first-order chi connectivity index (χ1) is 12.0. The summed E-state index contributed by atoms with van der Waals surface area (Å²) in [4.78, 5) is 16.3. The van der Waals surface area contributed by atoms with Gasteiger partial charge in [0.15, 0.2) is 0 Å². The fourth-order valence-electron chi connectivity index (χ4n) is 3.11. The summed E-state index contributed by atoms with van der Waals surface area (Å²) in [5.41, 5.74) is 0.597. The van der Waals surface area contributed by atoms with Crippen molar-refractivity contribution in [1.29, 1.82) is 0 Å². The maximum absolute atomic E-state index is 14.2. The van der Waals surface area contributed by atoms with Crippen LogP contribution in [-0.2, 0) is 4.79 Å². The van der Waals surface area contributed by atoms with E-state index in [2.05, 4.69) is 10.3 Å². The van der Waals surface area contributed by atoms with E-state index < -0.39 is 29.3 Å². The standard InChI is InChI=1S/C18H12F3N3O/c19-10-3-1-4-11(7-10)24-9-22-17-12(8-15(25)23-18(17)24)16-13(20)5-2-6-14(16)21/h1-7,9,12H,8H2,(H,23,25)/t12-/m1/s1. The highest BCUT2D eigenvalue weighted by Crippen LogP contribution is 2.39. The molecule has 0 radical (unpaired) electrons. The number of nitrogens with one attached hydrogen (secondary N) is 1. The Morgan fingerprint density at radius 2 is 1.80 bits per heavy atom. The number of carbonyl (C=O) groups is 1. The van der Waals surface area contributed by atoms with E-state index in [1.54, 1.807) is 6.07 Å². The molecule has 3 aromatic rings. The largest absolute Gasteiger partial charge is 0.310 e. The second kappa shape index (κ2) is 5.77. The van der Waals surface area contributed by atoms with Crippen LogP contribution >= 0.6 is 0 Å². The molecule has 0 fully saturated rings. The number of benzene rings is 2. The Bertz CT molecular complexity index is 963. The smallest absolute Gasteiger partial charge is 0.226 e. The lowest BCUT2D eigenvalue weighted by Crippen LogP contribution is -2.26. The van der Waals surface area contributed by atoms with E-state index in [1.807, 2.05) is 0 Å². The number of anilines is 1. The monoisotopic (exact) mass is 343 g/mol. The fraction of sp³-hybridized carbons (Fsp3) is 0.111. The fourth-order valence-corrected chi connectivity index (χ4v) is 3.11. The maximum atomic E-state index is 14.2. The number of fused-ring (bicyclic) bond motifs is 1. The summed E-state index contributed by atoms with van der Waals surface area (Å²) in [5, 5.41) is 2.66. The topological polar surface area (TPSA) is 46.9 Å². The Morgan fingerprint density at radius 1 is 1.08 bits per heavy atom. The number of aromatic nitrogens is 2. The van der Waals surface area contributed by atoms with E-state index in [0.717, 1.165) is 12.1 Å². The maximum Gasteiger partial charge on any atom is 0.226 e. The van der Waals surface area contributed by atoms with Crippen molar-refractivity contribution in [3.63, 3.8) is 0 Å². The van der Waals surface area contributed by atoms with E-state index >= 15 is 0 Å². The molecule has 2 heterocycles. The molecule has 7 heteroatoms. The Kier molecular flexibility index (Phi) is 3.56. The van der Waals surface area contributed by atoms with Crippen molar-refractivity contribution in [2.45, 2.75) is 12.3 Å². The van der Waals surface area contributed by atoms with Gasteiger partial charge >= 0.3 is 0 Å². The molecule has 0 aliphatic carbocycles. The molecule has 2 aromatic carbocycles. The van der Waals surface area contributed by atoms with Crippen molar-refractivity contribution in [2.24, 2.45) is 0 Å². The predicted octanol–water partition coefficient (Wildman–Crippen LogP) is 3.76. The SMILES string of the molecule is O=C1C[C@H](c2c(F)cccc2F)c2ncn(-c3cccc(F)c3)c2N1. The molecule has 4 rings (SSSR count). The summed E-state index contributed by atoms with van der Waals surface area (Å²) >= 11 is 0. The molecule has 126 valence electrons. The van der Waals surface area contributed by atoms with Gasteiger partial charge in [0.2, 0.25) is 5.91 Å². The number of imidazole rings is 1. The molecule has 1 aromatic heterocycles. The lowest BCUT2D eigenvalue weighted by atomic mass is 9.89. The molecule has 0 unspecified atom stereocenters. The van der Waals surface area contributed by atoms with Crippen molar-refractivity contribution < 1.29 is 18.0 Å². The number of amides is 1. The molecule has 1 amide bonds. The second-order valence-corrected chi connectivity index (χ2v) is 5.77. The summed E-state index contributed by atoms with van der Waals surface area (Å²) in [6.07, 6.45) is 1.28. The number of halogens is 3. The molecular weight excluding hydrogens is 331 g/mol. The summed E-state index contributed by atoms with van der Waals surface area (Å²) in [6, 6.07) is 9.30. The Morgan fingerprint density at radius 3 is 2.52 bits per heavy atom. The number of hydrogen-bond donors (Lipinski definition) is 1. The van der Waals surface area contributed by atoms with Crippen LogP contribution in [0.3, 0.4) is 0 Å². The molecule has 0 spiro atoms.